The van der Waals surface area contributed by atoms with Gasteiger partial charge in [0.05, 0.1) is 29.4 Å². The Morgan fingerprint density at radius 1 is 1.07 bits per heavy atom. The summed E-state index contributed by atoms with van der Waals surface area (Å²) in [5.74, 6) is -0.719. The largest absolute Gasteiger partial charge is 0.461 e. The lowest BCUT2D eigenvalue weighted by Crippen LogP contribution is -2.16. The summed E-state index contributed by atoms with van der Waals surface area (Å²) in [4.78, 5) is 27.7. The number of aromatic nitrogens is 1. The Morgan fingerprint density at radius 2 is 1.78 bits per heavy atom. The Labute approximate surface area is 170 Å². The normalized spacial score (nSPS) is 10.8. The molecule has 3 rings (SSSR count). The highest BCUT2D eigenvalue weighted by Crippen LogP contribution is 2.36. The molecule has 0 aliphatic rings. The van der Waals surface area contributed by atoms with E-state index in [1.165, 1.54) is 0 Å². The number of carbonyl (C=O) groups excluding carboxylic acids is 2. The molecule has 0 aliphatic carbocycles. The number of H-pyrrole nitrogens is 1. The van der Waals surface area contributed by atoms with E-state index in [2.05, 4.69) is 10.3 Å². The van der Waals surface area contributed by atoms with Crippen molar-refractivity contribution in [3.63, 3.8) is 0 Å². The lowest BCUT2D eigenvalue weighted by atomic mass is 10.1. The van der Waals surface area contributed by atoms with Crippen LogP contribution in [0.15, 0.2) is 36.4 Å². The predicted molar refractivity (Wildman–Crippen MR) is 109 cm³/mol. The van der Waals surface area contributed by atoms with Gasteiger partial charge in [-0.1, -0.05) is 34.8 Å². The molecule has 2 aromatic carbocycles. The van der Waals surface area contributed by atoms with Crippen molar-refractivity contribution in [3.05, 3.63) is 62.7 Å². The van der Waals surface area contributed by atoms with Crippen molar-refractivity contribution >= 4 is 63.1 Å². The topological polar surface area (TPSA) is 71.2 Å². The number of aromatic amines is 1. The number of ketones is 1. The van der Waals surface area contributed by atoms with E-state index in [1.54, 1.807) is 43.3 Å². The van der Waals surface area contributed by atoms with Gasteiger partial charge in [0.25, 0.3) is 0 Å². The van der Waals surface area contributed by atoms with Gasteiger partial charge in [-0.2, -0.15) is 0 Å². The molecule has 2 N–H and O–H groups in total. The summed E-state index contributed by atoms with van der Waals surface area (Å²) in [6.07, 6.45) is 0. The number of benzene rings is 2. The summed E-state index contributed by atoms with van der Waals surface area (Å²) in [5.41, 5.74) is 1.64. The first-order valence-electron chi connectivity index (χ1n) is 8.11. The van der Waals surface area contributed by atoms with Gasteiger partial charge in [0, 0.05) is 21.0 Å². The van der Waals surface area contributed by atoms with Crippen LogP contribution in [0.5, 0.6) is 0 Å². The fraction of sp³-hybridized carbons (Fsp3) is 0.158. The molecular formula is C19H15Cl3N2O3. The van der Waals surface area contributed by atoms with E-state index in [-0.39, 0.29) is 24.6 Å². The zero-order chi connectivity index (χ0) is 19.6. The third-order valence-electron chi connectivity index (χ3n) is 3.89. The number of halogens is 3. The summed E-state index contributed by atoms with van der Waals surface area (Å²) in [7, 11) is 0. The van der Waals surface area contributed by atoms with E-state index < -0.39 is 5.97 Å². The second-order valence-electron chi connectivity index (χ2n) is 5.69. The van der Waals surface area contributed by atoms with E-state index in [0.717, 1.165) is 0 Å². The molecule has 0 spiro atoms. The summed E-state index contributed by atoms with van der Waals surface area (Å²) < 4.78 is 5.09. The van der Waals surface area contributed by atoms with E-state index in [9.17, 15) is 9.59 Å². The van der Waals surface area contributed by atoms with Crippen LogP contribution in [0.3, 0.4) is 0 Å². The van der Waals surface area contributed by atoms with Gasteiger partial charge < -0.3 is 15.0 Å². The van der Waals surface area contributed by atoms with Gasteiger partial charge in [-0.05, 0) is 43.3 Å². The first-order chi connectivity index (χ1) is 12.9. The third-order valence-corrected chi connectivity index (χ3v) is 4.65. The van der Waals surface area contributed by atoms with E-state index in [0.29, 0.717) is 37.2 Å². The van der Waals surface area contributed by atoms with Crippen molar-refractivity contribution in [1.29, 1.82) is 0 Å². The van der Waals surface area contributed by atoms with Crippen LogP contribution in [-0.2, 0) is 4.74 Å². The Bertz CT molecular complexity index is 1010. The van der Waals surface area contributed by atoms with Gasteiger partial charge in [0.2, 0.25) is 0 Å². The van der Waals surface area contributed by atoms with Crippen LogP contribution in [0, 0.1) is 0 Å². The third kappa shape index (κ3) is 4.21. The summed E-state index contributed by atoms with van der Waals surface area (Å²) in [6, 6.07) is 9.78. The zero-order valence-electron chi connectivity index (χ0n) is 14.2. The van der Waals surface area contributed by atoms with E-state index in [1.807, 2.05) is 0 Å². The number of anilines is 1. The Kier molecular flexibility index (Phi) is 5.95. The SMILES string of the molecule is CCOC(=O)c1[nH]c2cc(Cl)cc(Cl)c2c1NCC(=O)c1ccc(Cl)cc1. The van der Waals surface area contributed by atoms with Crippen LogP contribution in [0.2, 0.25) is 15.1 Å². The molecule has 8 heteroatoms. The highest BCUT2D eigenvalue weighted by Gasteiger charge is 2.22. The maximum atomic E-state index is 12.4. The number of Topliss-reactive ketones (excluding diaryl/α,β-unsaturated/α-hetero) is 1. The number of esters is 1. The van der Waals surface area contributed by atoms with Gasteiger partial charge in [-0.3, -0.25) is 4.79 Å². The monoisotopic (exact) mass is 424 g/mol. The van der Waals surface area contributed by atoms with Crippen LogP contribution in [0.25, 0.3) is 10.9 Å². The molecule has 5 nitrogen and oxygen atoms in total. The maximum absolute atomic E-state index is 12.4. The quantitative estimate of drug-likeness (QED) is 0.398. The Morgan fingerprint density at radius 3 is 2.44 bits per heavy atom. The average molecular weight is 426 g/mol. The molecule has 1 heterocycles. The molecule has 0 bridgehead atoms. The second kappa shape index (κ2) is 8.21. The molecular weight excluding hydrogens is 411 g/mol. The molecule has 1 aromatic heterocycles. The number of ether oxygens (including phenoxy) is 1. The molecule has 0 unspecified atom stereocenters. The molecule has 27 heavy (non-hydrogen) atoms. The molecule has 0 amide bonds. The number of hydrogen-bond donors (Lipinski definition) is 2. The highest BCUT2D eigenvalue weighted by atomic mass is 35.5. The van der Waals surface area contributed by atoms with Gasteiger partial charge in [0.15, 0.2) is 5.78 Å². The smallest absolute Gasteiger partial charge is 0.356 e. The first kappa shape index (κ1) is 19.5. The minimum absolute atomic E-state index is 0.0417. The molecule has 3 aromatic rings. The fourth-order valence-corrected chi connectivity index (χ4v) is 3.40. The summed E-state index contributed by atoms with van der Waals surface area (Å²) in [5, 5.41) is 4.89. The Balaban J connectivity index is 1.96. The Hall–Kier alpha value is -2.21. The van der Waals surface area contributed by atoms with Gasteiger partial charge in [0.1, 0.15) is 5.69 Å². The lowest BCUT2D eigenvalue weighted by Gasteiger charge is -2.09. The number of fused-ring (bicyclic) bond motifs is 1. The second-order valence-corrected chi connectivity index (χ2v) is 6.97. The van der Waals surface area contributed by atoms with Crippen LogP contribution in [-0.4, -0.2) is 29.9 Å². The van der Waals surface area contributed by atoms with Crippen LogP contribution < -0.4 is 5.32 Å². The number of carbonyl (C=O) groups is 2. The van der Waals surface area contributed by atoms with Crippen LogP contribution >= 0.6 is 34.8 Å². The fourth-order valence-electron chi connectivity index (χ4n) is 2.69. The van der Waals surface area contributed by atoms with Gasteiger partial charge >= 0.3 is 5.97 Å². The van der Waals surface area contributed by atoms with Crippen LogP contribution in [0.1, 0.15) is 27.8 Å². The number of rotatable bonds is 6. The van der Waals surface area contributed by atoms with Crippen LogP contribution in [0.4, 0.5) is 5.69 Å². The molecule has 0 saturated heterocycles. The zero-order valence-corrected chi connectivity index (χ0v) is 16.5. The van der Waals surface area contributed by atoms with Crippen molar-refractivity contribution in [3.8, 4) is 0 Å². The van der Waals surface area contributed by atoms with Crippen molar-refractivity contribution in [1.82, 2.24) is 4.98 Å². The molecule has 0 atom stereocenters. The number of nitrogens with one attached hydrogen (secondary N) is 2. The minimum atomic E-state index is -0.553. The van der Waals surface area contributed by atoms with Crippen molar-refractivity contribution in [2.75, 3.05) is 18.5 Å². The minimum Gasteiger partial charge on any atom is -0.461 e. The molecule has 0 radical (unpaired) electrons. The molecule has 140 valence electrons. The highest BCUT2D eigenvalue weighted by molar-refractivity contribution is 6.40. The molecule has 0 aliphatic heterocycles. The van der Waals surface area contributed by atoms with Crippen molar-refractivity contribution < 1.29 is 14.3 Å². The summed E-state index contributed by atoms with van der Waals surface area (Å²) in [6.45, 7) is 1.88. The van der Waals surface area contributed by atoms with Gasteiger partial charge in [-0.25, -0.2) is 4.79 Å². The van der Waals surface area contributed by atoms with Gasteiger partial charge in [-0.15, -0.1) is 0 Å². The predicted octanol–water partition coefficient (Wildman–Crippen LogP) is 5.60. The maximum Gasteiger partial charge on any atom is 0.356 e. The van der Waals surface area contributed by atoms with Crippen molar-refractivity contribution in [2.24, 2.45) is 0 Å². The average Bonchev–Trinajstić information content (AvgIpc) is 2.99. The molecule has 0 saturated carbocycles. The first-order valence-corrected chi connectivity index (χ1v) is 9.24. The number of hydrogen-bond acceptors (Lipinski definition) is 4. The molecule has 0 fully saturated rings. The lowest BCUT2D eigenvalue weighted by molar-refractivity contribution is 0.0521. The van der Waals surface area contributed by atoms with E-state index in [4.69, 9.17) is 39.5 Å². The van der Waals surface area contributed by atoms with Crippen molar-refractivity contribution in [2.45, 2.75) is 6.92 Å². The summed E-state index contributed by atoms with van der Waals surface area (Å²) >= 11 is 18.2. The standard InChI is InChI=1S/C19H15Cl3N2O3/c1-2-27-19(26)18-17(16-13(22)7-12(21)8-14(16)24-18)23-9-15(25)10-3-5-11(20)6-4-10/h3-8,23-24H,2,9H2,1H3. The van der Waals surface area contributed by atoms with E-state index >= 15 is 0 Å².